The summed E-state index contributed by atoms with van der Waals surface area (Å²) in [5, 5.41) is 2.27. The van der Waals surface area contributed by atoms with Gasteiger partial charge in [-0.2, -0.15) is 13.2 Å². The van der Waals surface area contributed by atoms with Gasteiger partial charge in [0, 0.05) is 16.5 Å². The maximum absolute atomic E-state index is 13.1. The van der Waals surface area contributed by atoms with E-state index in [1.165, 1.54) is 6.07 Å². The second kappa shape index (κ2) is 8.97. The topological polar surface area (TPSA) is 49.4 Å². The third-order valence-electron chi connectivity index (χ3n) is 4.94. The average Bonchev–Trinajstić information content (AvgIpc) is 2.69. The summed E-state index contributed by atoms with van der Waals surface area (Å²) in [6.45, 7) is 1.03. The van der Waals surface area contributed by atoms with E-state index >= 15 is 0 Å². The standard InChI is InChI=1S/C21H20ClF3N2O2/c22-16-6-7-18(17(12-16)21(23,24)25)26-19(28)13-27-10-8-15(9-11-27)20(29)14-4-2-1-3-5-14/h1-7,12,15H,8-11,13H2,(H,26,28). The molecular formula is C21H20ClF3N2O2. The minimum atomic E-state index is -4.62. The second-order valence-electron chi connectivity index (χ2n) is 7.02. The Kier molecular flexibility index (Phi) is 6.59. The summed E-state index contributed by atoms with van der Waals surface area (Å²) in [4.78, 5) is 26.6. The molecular weight excluding hydrogens is 405 g/mol. The maximum atomic E-state index is 13.1. The largest absolute Gasteiger partial charge is 0.418 e. The highest BCUT2D eigenvalue weighted by Crippen LogP contribution is 2.36. The third kappa shape index (κ3) is 5.58. The minimum Gasteiger partial charge on any atom is -0.324 e. The van der Waals surface area contributed by atoms with Gasteiger partial charge in [-0.1, -0.05) is 41.9 Å². The van der Waals surface area contributed by atoms with Crippen molar-refractivity contribution in [3.63, 3.8) is 0 Å². The molecule has 3 rings (SSSR count). The monoisotopic (exact) mass is 424 g/mol. The number of hydrogen-bond acceptors (Lipinski definition) is 3. The van der Waals surface area contributed by atoms with Crippen molar-refractivity contribution in [3.05, 3.63) is 64.7 Å². The fraction of sp³-hybridized carbons (Fsp3) is 0.333. The van der Waals surface area contributed by atoms with Gasteiger partial charge in [0.25, 0.3) is 0 Å². The van der Waals surface area contributed by atoms with Crippen LogP contribution in [-0.2, 0) is 11.0 Å². The van der Waals surface area contributed by atoms with Crippen molar-refractivity contribution in [1.29, 1.82) is 0 Å². The molecule has 0 aromatic heterocycles. The molecule has 0 radical (unpaired) electrons. The molecule has 1 aliphatic heterocycles. The van der Waals surface area contributed by atoms with Crippen molar-refractivity contribution in [2.24, 2.45) is 5.92 Å². The van der Waals surface area contributed by atoms with E-state index in [9.17, 15) is 22.8 Å². The van der Waals surface area contributed by atoms with Gasteiger partial charge >= 0.3 is 6.18 Å². The van der Waals surface area contributed by atoms with E-state index < -0.39 is 17.6 Å². The van der Waals surface area contributed by atoms with Crippen molar-refractivity contribution in [3.8, 4) is 0 Å². The molecule has 0 saturated carbocycles. The van der Waals surface area contributed by atoms with Crippen molar-refractivity contribution >= 4 is 29.0 Å². The maximum Gasteiger partial charge on any atom is 0.418 e. The Bertz CT molecular complexity index is 879. The number of alkyl halides is 3. The highest BCUT2D eigenvalue weighted by molar-refractivity contribution is 6.30. The first-order valence-electron chi connectivity index (χ1n) is 9.22. The molecule has 2 aromatic rings. The number of likely N-dealkylation sites (tertiary alicyclic amines) is 1. The van der Waals surface area contributed by atoms with Crippen LogP contribution in [0.2, 0.25) is 5.02 Å². The Morgan fingerprint density at radius 2 is 1.72 bits per heavy atom. The van der Waals surface area contributed by atoms with Crippen LogP contribution in [0.3, 0.4) is 0 Å². The Hall–Kier alpha value is -2.38. The lowest BCUT2D eigenvalue weighted by atomic mass is 9.89. The Labute approximate surface area is 171 Å². The van der Waals surface area contributed by atoms with Crippen LogP contribution < -0.4 is 5.32 Å². The molecule has 8 heteroatoms. The van der Waals surface area contributed by atoms with Crippen molar-refractivity contribution in [2.45, 2.75) is 19.0 Å². The van der Waals surface area contributed by atoms with Gasteiger partial charge in [-0.05, 0) is 44.1 Å². The molecule has 154 valence electrons. The van der Waals surface area contributed by atoms with E-state index in [1.54, 1.807) is 12.1 Å². The van der Waals surface area contributed by atoms with Crippen LogP contribution in [0.15, 0.2) is 48.5 Å². The number of Topliss-reactive ketones (excluding diaryl/α,β-unsaturated/α-hetero) is 1. The summed E-state index contributed by atoms with van der Waals surface area (Å²) in [5.74, 6) is -0.554. The van der Waals surface area contributed by atoms with E-state index in [1.807, 2.05) is 23.1 Å². The summed E-state index contributed by atoms with van der Waals surface area (Å²) < 4.78 is 39.4. The zero-order chi connectivity index (χ0) is 21.0. The first-order chi connectivity index (χ1) is 13.7. The van der Waals surface area contributed by atoms with E-state index in [0.717, 1.165) is 12.1 Å². The van der Waals surface area contributed by atoms with Gasteiger partial charge in [-0.25, -0.2) is 0 Å². The fourth-order valence-electron chi connectivity index (χ4n) is 3.44. The molecule has 1 saturated heterocycles. The predicted octanol–water partition coefficient (Wildman–Crippen LogP) is 4.89. The average molecular weight is 425 g/mol. The lowest BCUT2D eigenvalue weighted by Gasteiger charge is -2.30. The van der Waals surface area contributed by atoms with Crippen LogP contribution in [-0.4, -0.2) is 36.2 Å². The molecule has 0 atom stereocenters. The number of carbonyl (C=O) groups excluding carboxylic acids is 2. The van der Waals surface area contributed by atoms with Crippen LogP contribution in [0, 0.1) is 5.92 Å². The summed E-state index contributed by atoms with van der Waals surface area (Å²) in [5.41, 5.74) is -0.627. The molecule has 1 heterocycles. The Morgan fingerprint density at radius 3 is 2.34 bits per heavy atom. The fourth-order valence-corrected chi connectivity index (χ4v) is 3.62. The molecule has 29 heavy (non-hydrogen) atoms. The molecule has 4 nitrogen and oxygen atoms in total. The molecule has 1 fully saturated rings. The van der Waals surface area contributed by atoms with Gasteiger partial charge in [0.05, 0.1) is 17.8 Å². The van der Waals surface area contributed by atoms with E-state index in [4.69, 9.17) is 11.6 Å². The molecule has 1 amide bonds. The number of halogens is 4. The van der Waals surface area contributed by atoms with Crippen LogP contribution in [0.4, 0.5) is 18.9 Å². The van der Waals surface area contributed by atoms with Crippen LogP contribution in [0.1, 0.15) is 28.8 Å². The molecule has 1 aliphatic rings. The first-order valence-corrected chi connectivity index (χ1v) is 9.60. The second-order valence-corrected chi connectivity index (χ2v) is 7.45. The Morgan fingerprint density at radius 1 is 1.07 bits per heavy atom. The van der Waals surface area contributed by atoms with Crippen LogP contribution in [0.5, 0.6) is 0 Å². The Balaban J connectivity index is 1.55. The number of ketones is 1. The van der Waals surface area contributed by atoms with Crippen molar-refractivity contribution in [2.75, 3.05) is 25.0 Å². The number of piperidine rings is 1. The molecule has 0 unspecified atom stereocenters. The molecule has 0 bridgehead atoms. The van der Waals surface area contributed by atoms with Gasteiger partial charge in [0.1, 0.15) is 0 Å². The van der Waals surface area contributed by atoms with E-state index in [2.05, 4.69) is 5.32 Å². The molecule has 0 aliphatic carbocycles. The number of nitrogens with zero attached hydrogens (tertiary/aromatic N) is 1. The van der Waals surface area contributed by atoms with Crippen LogP contribution in [0.25, 0.3) is 0 Å². The number of hydrogen-bond donors (Lipinski definition) is 1. The van der Waals surface area contributed by atoms with Gasteiger partial charge in [-0.3, -0.25) is 14.5 Å². The van der Waals surface area contributed by atoms with E-state index in [-0.39, 0.29) is 29.0 Å². The third-order valence-corrected chi connectivity index (χ3v) is 5.18. The smallest absolute Gasteiger partial charge is 0.324 e. The summed E-state index contributed by atoms with van der Waals surface area (Å²) in [6.07, 6.45) is -3.41. The highest BCUT2D eigenvalue weighted by Gasteiger charge is 2.34. The quantitative estimate of drug-likeness (QED) is 0.695. The predicted molar refractivity (Wildman–Crippen MR) is 105 cm³/mol. The van der Waals surface area contributed by atoms with Gasteiger partial charge in [0.15, 0.2) is 5.78 Å². The van der Waals surface area contributed by atoms with Crippen LogP contribution >= 0.6 is 11.6 Å². The lowest BCUT2D eigenvalue weighted by molar-refractivity contribution is -0.137. The molecule has 2 aromatic carbocycles. The van der Waals surface area contributed by atoms with Gasteiger partial charge in [-0.15, -0.1) is 0 Å². The van der Waals surface area contributed by atoms with Gasteiger partial charge < -0.3 is 5.32 Å². The van der Waals surface area contributed by atoms with Gasteiger partial charge in [0.2, 0.25) is 5.91 Å². The number of amides is 1. The summed E-state index contributed by atoms with van der Waals surface area (Å²) in [7, 11) is 0. The first kappa shape index (κ1) is 21.3. The zero-order valence-electron chi connectivity index (χ0n) is 15.5. The number of carbonyl (C=O) groups is 2. The highest BCUT2D eigenvalue weighted by atomic mass is 35.5. The number of rotatable bonds is 5. The minimum absolute atomic E-state index is 0.0355. The SMILES string of the molecule is O=C(CN1CCC(C(=O)c2ccccc2)CC1)Nc1ccc(Cl)cc1C(F)(F)F. The summed E-state index contributed by atoms with van der Waals surface area (Å²) >= 11 is 5.65. The molecule has 1 N–H and O–H groups in total. The normalized spacial score (nSPS) is 15.9. The van der Waals surface area contributed by atoms with E-state index in [0.29, 0.717) is 31.5 Å². The van der Waals surface area contributed by atoms with Crippen molar-refractivity contribution in [1.82, 2.24) is 4.90 Å². The zero-order valence-corrected chi connectivity index (χ0v) is 16.3. The number of anilines is 1. The van der Waals surface area contributed by atoms with Crippen molar-refractivity contribution < 1.29 is 22.8 Å². The summed E-state index contributed by atoms with van der Waals surface area (Å²) in [6, 6.07) is 12.3. The lowest BCUT2D eigenvalue weighted by Crippen LogP contribution is -2.40. The number of nitrogens with one attached hydrogen (secondary N) is 1. The number of benzene rings is 2. The molecule has 0 spiro atoms.